The molecule has 0 radical (unpaired) electrons. The molecule has 1 saturated heterocycles. The highest BCUT2D eigenvalue weighted by atomic mass is 16.5. The van der Waals surface area contributed by atoms with E-state index in [0.717, 1.165) is 35.5 Å². The van der Waals surface area contributed by atoms with E-state index in [1.54, 1.807) is 0 Å². The number of carbonyl (C=O) groups is 1. The van der Waals surface area contributed by atoms with Crippen molar-refractivity contribution in [1.82, 2.24) is 14.5 Å². The Hall–Kier alpha value is -2.66. The summed E-state index contributed by atoms with van der Waals surface area (Å²) in [5, 5.41) is 0. The van der Waals surface area contributed by atoms with Crippen LogP contribution in [0.5, 0.6) is 0 Å². The molecule has 1 atom stereocenters. The van der Waals surface area contributed by atoms with Gasteiger partial charge in [0.2, 0.25) is 0 Å². The molecule has 172 valence electrons. The summed E-state index contributed by atoms with van der Waals surface area (Å²) in [5.74, 6) is 1.67. The van der Waals surface area contributed by atoms with Crippen molar-refractivity contribution in [1.29, 1.82) is 0 Å². The number of amides is 1. The quantitative estimate of drug-likeness (QED) is 0.561. The first-order chi connectivity index (χ1) is 16.2. The van der Waals surface area contributed by atoms with E-state index in [4.69, 9.17) is 4.74 Å². The number of morpholine rings is 1. The lowest BCUT2D eigenvalue weighted by atomic mass is 9.54. The first kappa shape index (κ1) is 20.9. The van der Waals surface area contributed by atoms with Gasteiger partial charge in [-0.05, 0) is 73.5 Å². The van der Waals surface area contributed by atoms with Crippen LogP contribution >= 0.6 is 0 Å². The van der Waals surface area contributed by atoms with E-state index in [1.807, 2.05) is 17.2 Å². The molecule has 4 aliphatic rings. The van der Waals surface area contributed by atoms with Gasteiger partial charge in [-0.3, -0.25) is 9.78 Å². The number of hydrogen-bond donors (Lipinski definition) is 0. The molecule has 1 unspecified atom stereocenters. The number of benzene rings is 1. The average molecular weight is 444 g/mol. The molecule has 0 N–H and O–H groups in total. The van der Waals surface area contributed by atoms with E-state index >= 15 is 0 Å². The number of pyridine rings is 1. The molecule has 0 spiro atoms. The van der Waals surface area contributed by atoms with Gasteiger partial charge in [0.05, 0.1) is 24.3 Å². The fraction of sp³-hybridized carbons (Fsp3) is 0.500. The van der Waals surface area contributed by atoms with Crippen LogP contribution in [0.4, 0.5) is 0 Å². The fourth-order valence-electron chi connectivity index (χ4n) is 6.72. The van der Waals surface area contributed by atoms with Crippen LogP contribution in [0.25, 0.3) is 11.0 Å². The number of ether oxygens (including phenoxy) is 1. The van der Waals surface area contributed by atoms with Crippen molar-refractivity contribution in [3.8, 4) is 0 Å². The summed E-state index contributed by atoms with van der Waals surface area (Å²) in [6, 6.07) is 15.1. The van der Waals surface area contributed by atoms with Crippen LogP contribution < -0.4 is 0 Å². The third-order valence-corrected chi connectivity index (χ3v) is 8.56. The van der Waals surface area contributed by atoms with E-state index < -0.39 is 0 Å². The molecule has 1 aliphatic heterocycles. The first-order valence-electron chi connectivity index (χ1n) is 12.6. The summed E-state index contributed by atoms with van der Waals surface area (Å²) in [4.78, 5) is 20.0. The number of rotatable bonds is 5. The van der Waals surface area contributed by atoms with Gasteiger partial charge in [-0.15, -0.1) is 0 Å². The number of aromatic nitrogens is 2. The minimum absolute atomic E-state index is 0.0893. The second-order valence-electron chi connectivity index (χ2n) is 10.4. The largest absolute Gasteiger partial charge is 0.378 e. The molecule has 1 amide bonds. The minimum Gasteiger partial charge on any atom is -0.378 e. The predicted octanol–water partition coefficient (Wildman–Crippen LogP) is 4.95. The lowest BCUT2D eigenvalue weighted by molar-refractivity contribution is -0.0184. The average Bonchev–Trinajstić information content (AvgIpc) is 3.24. The van der Waals surface area contributed by atoms with Gasteiger partial charge < -0.3 is 14.2 Å². The van der Waals surface area contributed by atoms with E-state index in [0.29, 0.717) is 37.6 Å². The van der Waals surface area contributed by atoms with Crippen molar-refractivity contribution in [2.24, 2.45) is 17.3 Å². The van der Waals surface area contributed by atoms with Crippen molar-refractivity contribution in [2.45, 2.75) is 45.1 Å². The summed E-state index contributed by atoms with van der Waals surface area (Å²) in [6.45, 7) is 3.52. The Morgan fingerprint density at radius 3 is 2.64 bits per heavy atom. The normalized spacial score (nSPS) is 27.2. The SMILES string of the molecule is O=C(c1cn(CC23CCC(CC2)CC3Cc2ccccc2)c2cccnc12)N1CCOCC1. The van der Waals surface area contributed by atoms with Crippen molar-refractivity contribution in [3.05, 3.63) is 66.0 Å². The van der Waals surface area contributed by atoms with Crippen molar-refractivity contribution in [2.75, 3.05) is 26.3 Å². The Labute approximate surface area is 195 Å². The lowest BCUT2D eigenvalue weighted by Gasteiger charge is -2.53. The molecule has 2 bridgehead atoms. The van der Waals surface area contributed by atoms with E-state index in [1.165, 1.54) is 37.7 Å². The Morgan fingerprint density at radius 1 is 1.06 bits per heavy atom. The number of fused-ring (bicyclic) bond motifs is 4. The summed E-state index contributed by atoms with van der Waals surface area (Å²) in [5.41, 5.74) is 4.43. The van der Waals surface area contributed by atoms with Gasteiger partial charge >= 0.3 is 0 Å². The van der Waals surface area contributed by atoms with Crippen LogP contribution in [0.2, 0.25) is 0 Å². The smallest absolute Gasteiger partial charge is 0.257 e. The molecular weight excluding hydrogens is 410 g/mol. The molecule has 4 fully saturated rings. The molecule has 7 rings (SSSR count). The van der Waals surface area contributed by atoms with E-state index in [9.17, 15) is 4.79 Å². The van der Waals surface area contributed by atoms with E-state index in [2.05, 4.69) is 52.1 Å². The van der Waals surface area contributed by atoms with Crippen molar-refractivity contribution < 1.29 is 9.53 Å². The molecule has 3 saturated carbocycles. The Balaban J connectivity index is 1.34. The van der Waals surface area contributed by atoms with Crippen LogP contribution in [0, 0.1) is 17.3 Å². The van der Waals surface area contributed by atoms with Gasteiger partial charge in [0.25, 0.3) is 5.91 Å². The summed E-state index contributed by atoms with van der Waals surface area (Å²) in [7, 11) is 0. The highest BCUT2D eigenvalue weighted by Crippen LogP contribution is 2.56. The van der Waals surface area contributed by atoms with Crippen molar-refractivity contribution in [3.63, 3.8) is 0 Å². The molecule has 3 aliphatic carbocycles. The maximum atomic E-state index is 13.4. The zero-order chi connectivity index (χ0) is 22.3. The fourth-order valence-corrected chi connectivity index (χ4v) is 6.72. The second kappa shape index (κ2) is 8.60. The first-order valence-corrected chi connectivity index (χ1v) is 12.6. The van der Waals surface area contributed by atoms with Crippen LogP contribution in [0.3, 0.4) is 0 Å². The third-order valence-electron chi connectivity index (χ3n) is 8.56. The number of hydrogen-bond acceptors (Lipinski definition) is 3. The second-order valence-corrected chi connectivity index (χ2v) is 10.4. The standard InChI is InChI=1S/C28H33N3O2/c32-27(30-13-15-33-16-14-30)24-19-31(25-7-4-12-29-26(24)25)20-28-10-8-22(9-11-28)18-23(28)17-21-5-2-1-3-6-21/h1-7,12,19,22-23H,8-11,13-18,20H2. The summed E-state index contributed by atoms with van der Waals surface area (Å²) < 4.78 is 7.82. The zero-order valence-corrected chi connectivity index (χ0v) is 19.3. The lowest BCUT2D eigenvalue weighted by Crippen LogP contribution is -2.45. The van der Waals surface area contributed by atoms with Gasteiger partial charge in [-0.25, -0.2) is 0 Å². The van der Waals surface area contributed by atoms with Crippen LogP contribution in [-0.2, 0) is 17.7 Å². The van der Waals surface area contributed by atoms with Crippen molar-refractivity contribution >= 4 is 16.9 Å². The monoisotopic (exact) mass is 443 g/mol. The highest BCUT2D eigenvalue weighted by molar-refractivity contribution is 6.05. The Morgan fingerprint density at radius 2 is 1.85 bits per heavy atom. The molecular formula is C28H33N3O2. The molecule has 5 nitrogen and oxygen atoms in total. The summed E-state index contributed by atoms with van der Waals surface area (Å²) in [6.07, 6.45) is 11.7. The van der Waals surface area contributed by atoms with Gasteiger partial charge in [0.15, 0.2) is 0 Å². The maximum absolute atomic E-state index is 13.4. The van der Waals surface area contributed by atoms with Gasteiger partial charge in [-0.1, -0.05) is 30.3 Å². The Kier molecular flexibility index (Phi) is 5.45. The maximum Gasteiger partial charge on any atom is 0.257 e. The minimum atomic E-state index is 0.0893. The molecule has 3 aromatic rings. The van der Waals surface area contributed by atoms with Gasteiger partial charge in [-0.2, -0.15) is 0 Å². The van der Waals surface area contributed by atoms with Crippen LogP contribution in [-0.4, -0.2) is 46.7 Å². The van der Waals surface area contributed by atoms with Crippen LogP contribution in [0.1, 0.15) is 48.0 Å². The highest BCUT2D eigenvalue weighted by Gasteiger charge is 2.47. The Bertz CT molecular complexity index is 1120. The number of nitrogens with zero attached hydrogens (tertiary/aromatic N) is 3. The third kappa shape index (κ3) is 3.86. The molecule has 1 aromatic carbocycles. The van der Waals surface area contributed by atoms with Gasteiger partial charge in [0.1, 0.15) is 5.52 Å². The van der Waals surface area contributed by atoms with E-state index in [-0.39, 0.29) is 5.91 Å². The topological polar surface area (TPSA) is 47.4 Å². The summed E-state index contributed by atoms with van der Waals surface area (Å²) >= 11 is 0. The molecule has 2 aromatic heterocycles. The number of carbonyl (C=O) groups excluding carboxylic acids is 1. The molecule has 5 heteroatoms. The zero-order valence-electron chi connectivity index (χ0n) is 19.3. The predicted molar refractivity (Wildman–Crippen MR) is 129 cm³/mol. The van der Waals surface area contributed by atoms with Gasteiger partial charge in [0, 0.05) is 32.0 Å². The molecule has 3 heterocycles. The molecule has 33 heavy (non-hydrogen) atoms. The van der Waals surface area contributed by atoms with Crippen LogP contribution in [0.15, 0.2) is 54.9 Å².